The van der Waals surface area contributed by atoms with Gasteiger partial charge >= 0.3 is 12.1 Å². The van der Waals surface area contributed by atoms with Crippen molar-refractivity contribution in [3.63, 3.8) is 0 Å². The zero-order valence-electron chi connectivity index (χ0n) is 21.0. The van der Waals surface area contributed by atoms with E-state index in [2.05, 4.69) is 15.1 Å². The number of oxazole rings is 1. The first-order valence-corrected chi connectivity index (χ1v) is 12.3. The van der Waals surface area contributed by atoms with Crippen molar-refractivity contribution < 1.29 is 32.2 Å². The summed E-state index contributed by atoms with van der Waals surface area (Å²) in [5.41, 5.74) is -1.04. The molecule has 0 amide bonds. The van der Waals surface area contributed by atoms with Crippen molar-refractivity contribution in [2.75, 3.05) is 7.11 Å². The first-order valence-electron chi connectivity index (χ1n) is 12.3. The summed E-state index contributed by atoms with van der Waals surface area (Å²) in [5, 5.41) is 13.2. The van der Waals surface area contributed by atoms with Gasteiger partial charge in [0.2, 0.25) is 5.89 Å². The van der Waals surface area contributed by atoms with Crippen molar-refractivity contribution in [3.05, 3.63) is 76.3 Å². The van der Waals surface area contributed by atoms with Gasteiger partial charge in [0.05, 0.1) is 24.3 Å². The molecule has 0 spiro atoms. The lowest BCUT2D eigenvalue weighted by Crippen LogP contribution is -2.22. The van der Waals surface area contributed by atoms with E-state index in [1.807, 2.05) is 0 Å². The molecule has 204 valence electrons. The largest absolute Gasteiger partial charge is 0.494 e. The maximum absolute atomic E-state index is 14.2. The quantitative estimate of drug-likeness (QED) is 0.284. The van der Waals surface area contributed by atoms with E-state index in [4.69, 9.17) is 9.15 Å². The SMILES string of the molecule is COc1cccc2oc(-c3c(C4=CCC(C(=O)O)CC4)[nH]c4c(-c5ccccc5)c(C(F)(F)F)nn4c3=O)nc12. The number of para-hydroxylation sites is 1. The Morgan fingerprint density at radius 2 is 1.93 bits per heavy atom. The molecule has 1 unspecified atom stereocenters. The summed E-state index contributed by atoms with van der Waals surface area (Å²) < 4.78 is 54.6. The van der Waals surface area contributed by atoms with E-state index in [1.165, 1.54) is 19.2 Å². The van der Waals surface area contributed by atoms with E-state index in [-0.39, 0.29) is 53.2 Å². The molecular formula is C28H21F3N4O5. The van der Waals surface area contributed by atoms with E-state index < -0.39 is 29.3 Å². The van der Waals surface area contributed by atoms with E-state index >= 15 is 0 Å². The van der Waals surface area contributed by atoms with Gasteiger partial charge in [-0.25, -0.2) is 4.98 Å². The Kier molecular flexibility index (Phi) is 5.97. The fourth-order valence-electron chi connectivity index (χ4n) is 5.07. The second-order valence-corrected chi connectivity index (χ2v) is 9.39. The van der Waals surface area contributed by atoms with Crippen molar-refractivity contribution >= 4 is 28.3 Å². The van der Waals surface area contributed by atoms with E-state index in [9.17, 15) is 27.9 Å². The van der Waals surface area contributed by atoms with Crippen LogP contribution in [0, 0.1) is 5.92 Å². The molecule has 2 N–H and O–H groups in total. The Morgan fingerprint density at radius 1 is 1.15 bits per heavy atom. The molecule has 6 rings (SSSR count). The highest BCUT2D eigenvalue weighted by atomic mass is 19.4. The summed E-state index contributed by atoms with van der Waals surface area (Å²) in [6.07, 6.45) is -2.44. The molecule has 9 nitrogen and oxygen atoms in total. The molecule has 0 bridgehead atoms. The maximum Gasteiger partial charge on any atom is 0.435 e. The number of aromatic nitrogens is 4. The third kappa shape index (κ3) is 4.12. The Balaban J connectivity index is 1.69. The number of fused-ring (bicyclic) bond motifs is 2. The van der Waals surface area contributed by atoms with Crippen molar-refractivity contribution in [1.82, 2.24) is 19.6 Å². The van der Waals surface area contributed by atoms with E-state index in [1.54, 1.807) is 42.5 Å². The van der Waals surface area contributed by atoms with Gasteiger partial charge in [0.1, 0.15) is 17.0 Å². The van der Waals surface area contributed by atoms with Crippen molar-refractivity contribution in [2.24, 2.45) is 5.92 Å². The number of allylic oxidation sites excluding steroid dienone is 2. The van der Waals surface area contributed by atoms with Crippen molar-refractivity contribution in [3.8, 4) is 28.3 Å². The standard InChI is InChI=1S/C28H21F3N4O5/c1-39-17-8-5-9-18-22(17)33-25(40-18)20-21(15-10-12-16(13-11-15)27(37)38)32-24-19(14-6-3-2-4-7-14)23(28(29,30)31)34-35(24)26(20)36/h2-10,16,32H,11-13H2,1H3,(H,37,38). The normalized spacial score (nSPS) is 15.9. The highest BCUT2D eigenvalue weighted by molar-refractivity contribution is 5.87. The third-order valence-electron chi connectivity index (χ3n) is 7.01. The third-order valence-corrected chi connectivity index (χ3v) is 7.01. The number of benzene rings is 2. The molecule has 2 aromatic carbocycles. The van der Waals surface area contributed by atoms with Crippen LogP contribution in [0.4, 0.5) is 13.2 Å². The minimum Gasteiger partial charge on any atom is -0.494 e. The lowest BCUT2D eigenvalue weighted by atomic mass is 9.87. The summed E-state index contributed by atoms with van der Waals surface area (Å²) in [7, 11) is 1.45. The predicted octanol–water partition coefficient (Wildman–Crippen LogP) is 5.79. The summed E-state index contributed by atoms with van der Waals surface area (Å²) in [5.74, 6) is -1.30. The molecule has 0 radical (unpaired) electrons. The van der Waals surface area contributed by atoms with Crippen molar-refractivity contribution in [1.29, 1.82) is 0 Å². The highest BCUT2D eigenvalue weighted by Gasteiger charge is 2.40. The van der Waals surface area contributed by atoms with Gasteiger partial charge < -0.3 is 19.2 Å². The minimum atomic E-state index is -4.86. The first kappa shape index (κ1) is 25.4. The average molecular weight is 550 g/mol. The lowest BCUT2D eigenvalue weighted by Gasteiger charge is -2.20. The number of hydrogen-bond donors (Lipinski definition) is 2. The number of alkyl halides is 3. The van der Waals surface area contributed by atoms with Gasteiger partial charge in [-0.3, -0.25) is 9.59 Å². The number of carboxylic acid groups (broad SMARTS) is 1. The number of halogens is 3. The number of hydrogen-bond acceptors (Lipinski definition) is 6. The number of nitrogens with zero attached hydrogens (tertiary/aromatic N) is 3. The number of nitrogens with one attached hydrogen (secondary N) is 1. The molecule has 12 heteroatoms. The predicted molar refractivity (Wildman–Crippen MR) is 139 cm³/mol. The van der Waals surface area contributed by atoms with Gasteiger partial charge in [-0.1, -0.05) is 42.5 Å². The first-order chi connectivity index (χ1) is 19.2. The van der Waals surface area contributed by atoms with Crippen LogP contribution in [-0.4, -0.2) is 37.8 Å². The molecular weight excluding hydrogens is 529 g/mol. The molecule has 0 saturated carbocycles. The van der Waals surface area contributed by atoms with Crippen LogP contribution >= 0.6 is 0 Å². The Hall–Kier alpha value is -4.87. The second-order valence-electron chi connectivity index (χ2n) is 9.39. The molecule has 3 heterocycles. The van der Waals surface area contributed by atoms with Gasteiger partial charge in [-0.2, -0.15) is 22.8 Å². The van der Waals surface area contributed by atoms with Gasteiger partial charge in [-0.15, -0.1) is 0 Å². The highest BCUT2D eigenvalue weighted by Crippen LogP contribution is 2.40. The molecule has 5 aromatic rings. The fourth-order valence-corrected chi connectivity index (χ4v) is 5.07. The van der Waals surface area contributed by atoms with Gasteiger partial charge in [-0.05, 0) is 42.5 Å². The van der Waals surface area contributed by atoms with Crippen LogP contribution < -0.4 is 10.3 Å². The summed E-state index contributed by atoms with van der Waals surface area (Å²) >= 11 is 0. The lowest BCUT2D eigenvalue weighted by molar-refractivity contribution is -0.142. The van der Waals surface area contributed by atoms with Crippen molar-refractivity contribution in [2.45, 2.75) is 25.4 Å². The Bertz CT molecular complexity index is 1870. The number of aliphatic carboxylic acids is 1. The van der Waals surface area contributed by atoms with Crippen LogP contribution in [0.5, 0.6) is 5.75 Å². The molecule has 0 aliphatic heterocycles. The number of carbonyl (C=O) groups is 1. The van der Waals surface area contributed by atoms with Crippen LogP contribution in [-0.2, 0) is 11.0 Å². The minimum absolute atomic E-state index is 0.124. The van der Waals surface area contributed by atoms with Gasteiger partial charge in [0, 0.05) is 0 Å². The number of aromatic amines is 1. The molecule has 40 heavy (non-hydrogen) atoms. The Morgan fingerprint density at radius 3 is 2.58 bits per heavy atom. The monoisotopic (exact) mass is 550 g/mol. The van der Waals surface area contributed by atoms with E-state index in [0.717, 1.165) is 0 Å². The molecule has 1 atom stereocenters. The maximum atomic E-state index is 14.2. The summed E-state index contributed by atoms with van der Waals surface area (Å²) in [6, 6.07) is 12.8. The second kappa shape index (κ2) is 9.40. The average Bonchev–Trinajstić information content (AvgIpc) is 3.55. The molecule has 0 saturated heterocycles. The Labute approximate surface area is 223 Å². The number of rotatable bonds is 5. The van der Waals surface area contributed by atoms with Crippen LogP contribution in [0.1, 0.15) is 30.7 Å². The van der Waals surface area contributed by atoms with Gasteiger partial charge in [0.25, 0.3) is 5.56 Å². The van der Waals surface area contributed by atoms with E-state index in [0.29, 0.717) is 26.9 Å². The van der Waals surface area contributed by atoms with Gasteiger partial charge in [0.15, 0.2) is 16.8 Å². The number of ether oxygens (including phenoxy) is 1. The molecule has 0 fully saturated rings. The number of carboxylic acids is 1. The van der Waals surface area contributed by atoms with Crippen LogP contribution in [0.15, 0.2) is 63.8 Å². The molecule has 3 aromatic heterocycles. The number of methoxy groups -OCH3 is 1. The molecule has 1 aliphatic carbocycles. The van der Waals surface area contributed by atoms with Crippen LogP contribution in [0.25, 0.3) is 44.9 Å². The van der Waals surface area contributed by atoms with Crippen LogP contribution in [0.2, 0.25) is 0 Å². The smallest absolute Gasteiger partial charge is 0.435 e. The zero-order chi connectivity index (χ0) is 28.2. The topological polar surface area (TPSA) is 123 Å². The zero-order valence-corrected chi connectivity index (χ0v) is 21.0. The molecule has 1 aliphatic rings. The summed E-state index contributed by atoms with van der Waals surface area (Å²) in [4.78, 5) is 33.0. The fraction of sp³-hybridized carbons (Fsp3) is 0.214. The summed E-state index contributed by atoms with van der Waals surface area (Å²) in [6.45, 7) is 0. The number of H-pyrrole nitrogens is 1. The van der Waals surface area contributed by atoms with Crippen LogP contribution in [0.3, 0.4) is 0 Å².